The summed E-state index contributed by atoms with van der Waals surface area (Å²) in [4.78, 5) is 24.8. The second kappa shape index (κ2) is 7.78. The van der Waals surface area contributed by atoms with Crippen molar-refractivity contribution in [3.63, 3.8) is 0 Å². The Morgan fingerprint density at radius 2 is 1.96 bits per heavy atom. The number of aromatic nitrogens is 4. The van der Waals surface area contributed by atoms with Crippen molar-refractivity contribution in [2.75, 3.05) is 5.32 Å². The molecule has 2 aromatic carbocycles. The molecular weight excluding hydrogens is 358 g/mol. The number of carbonyl (C=O) groups excluding carboxylic acids is 2. The van der Waals surface area contributed by atoms with E-state index in [1.807, 2.05) is 36.4 Å². The number of rotatable bonds is 5. The first-order chi connectivity index (χ1) is 13.7. The minimum absolute atomic E-state index is 0.0977. The molecular formula is C19H17N7O2. The SMILES string of the molecule is O=C(Nc1cccc(-c2nn[nH]n2)c1)C1=NN(Cc2ccccc2)C(=O)CC1. The Morgan fingerprint density at radius 1 is 1.11 bits per heavy atom. The molecule has 28 heavy (non-hydrogen) atoms. The fourth-order valence-corrected chi connectivity index (χ4v) is 2.87. The molecule has 0 unspecified atom stereocenters. The van der Waals surface area contributed by atoms with E-state index in [0.29, 0.717) is 30.2 Å². The molecule has 0 spiro atoms. The highest BCUT2D eigenvalue weighted by Gasteiger charge is 2.24. The number of hydrazone groups is 1. The van der Waals surface area contributed by atoms with Gasteiger partial charge in [-0.15, -0.1) is 10.2 Å². The highest BCUT2D eigenvalue weighted by molar-refractivity contribution is 6.43. The Hall–Kier alpha value is -3.88. The summed E-state index contributed by atoms with van der Waals surface area (Å²) >= 11 is 0. The highest BCUT2D eigenvalue weighted by Crippen LogP contribution is 2.19. The summed E-state index contributed by atoms with van der Waals surface area (Å²) < 4.78 is 0. The van der Waals surface area contributed by atoms with E-state index in [-0.39, 0.29) is 18.2 Å². The van der Waals surface area contributed by atoms with E-state index < -0.39 is 0 Å². The van der Waals surface area contributed by atoms with Crippen LogP contribution in [0.15, 0.2) is 59.7 Å². The first kappa shape index (κ1) is 17.5. The number of anilines is 1. The molecule has 0 radical (unpaired) electrons. The third kappa shape index (κ3) is 3.93. The van der Waals surface area contributed by atoms with Crippen LogP contribution in [-0.4, -0.2) is 43.2 Å². The van der Waals surface area contributed by atoms with E-state index in [9.17, 15) is 9.59 Å². The quantitative estimate of drug-likeness (QED) is 0.707. The summed E-state index contributed by atoms with van der Waals surface area (Å²) in [7, 11) is 0. The van der Waals surface area contributed by atoms with Crippen LogP contribution in [0.5, 0.6) is 0 Å². The van der Waals surface area contributed by atoms with E-state index in [0.717, 1.165) is 11.1 Å². The standard InChI is InChI=1S/C19H17N7O2/c27-17-10-9-16(23-26(17)12-13-5-2-1-3-6-13)19(28)20-15-8-4-7-14(11-15)18-21-24-25-22-18/h1-8,11H,9-10,12H2,(H,20,28)(H,21,22,24,25). The summed E-state index contributed by atoms with van der Waals surface area (Å²) in [5.41, 5.74) is 2.58. The topological polar surface area (TPSA) is 116 Å². The van der Waals surface area contributed by atoms with Gasteiger partial charge in [-0.05, 0) is 22.9 Å². The van der Waals surface area contributed by atoms with Gasteiger partial charge < -0.3 is 5.32 Å². The minimum Gasteiger partial charge on any atom is -0.321 e. The van der Waals surface area contributed by atoms with E-state index >= 15 is 0 Å². The number of carbonyl (C=O) groups is 2. The van der Waals surface area contributed by atoms with Crippen molar-refractivity contribution in [2.45, 2.75) is 19.4 Å². The van der Waals surface area contributed by atoms with Crippen LogP contribution in [-0.2, 0) is 16.1 Å². The van der Waals surface area contributed by atoms with Crippen LogP contribution in [0.1, 0.15) is 18.4 Å². The number of H-pyrrole nitrogens is 1. The summed E-state index contributed by atoms with van der Waals surface area (Å²) in [5, 5.41) is 22.2. The minimum atomic E-state index is -0.337. The molecule has 9 heteroatoms. The van der Waals surface area contributed by atoms with Crippen molar-refractivity contribution in [1.82, 2.24) is 25.6 Å². The molecule has 1 aromatic heterocycles. The highest BCUT2D eigenvalue weighted by atomic mass is 16.2. The lowest BCUT2D eigenvalue weighted by atomic mass is 10.1. The lowest BCUT2D eigenvalue weighted by Gasteiger charge is -2.23. The summed E-state index contributed by atoms with van der Waals surface area (Å²) in [6.07, 6.45) is 0.558. The van der Waals surface area contributed by atoms with E-state index in [2.05, 4.69) is 31.0 Å². The smallest absolute Gasteiger partial charge is 0.271 e. The molecule has 0 saturated heterocycles. The molecule has 2 N–H and O–H groups in total. The first-order valence-corrected chi connectivity index (χ1v) is 8.76. The van der Waals surface area contributed by atoms with Crippen LogP contribution in [0, 0.1) is 0 Å². The number of nitrogens with one attached hydrogen (secondary N) is 2. The number of amides is 2. The molecule has 0 atom stereocenters. The molecule has 1 aliphatic heterocycles. The van der Waals surface area contributed by atoms with Crippen molar-refractivity contribution in [3.05, 3.63) is 60.2 Å². The molecule has 0 saturated carbocycles. The van der Waals surface area contributed by atoms with Gasteiger partial charge in [-0.1, -0.05) is 42.5 Å². The molecule has 2 amide bonds. The Labute approximate surface area is 160 Å². The normalized spacial score (nSPS) is 13.9. The predicted molar refractivity (Wildman–Crippen MR) is 102 cm³/mol. The van der Waals surface area contributed by atoms with Gasteiger partial charge in [-0.3, -0.25) is 9.59 Å². The van der Waals surface area contributed by atoms with Crippen molar-refractivity contribution in [2.24, 2.45) is 5.10 Å². The van der Waals surface area contributed by atoms with Crippen LogP contribution >= 0.6 is 0 Å². The zero-order valence-electron chi connectivity index (χ0n) is 14.9. The maximum Gasteiger partial charge on any atom is 0.271 e. The Kier molecular flexibility index (Phi) is 4.87. The Balaban J connectivity index is 1.49. The molecule has 0 fully saturated rings. The molecule has 1 aliphatic rings. The van der Waals surface area contributed by atoms with Crippen LogP contribution < -0.4 is 5.32 Å². The van der Waals surface area contributed by atoms with Gasteiger partial charge in [0.1, 0.15) is 5.71 Å². The van der Waals surface area contributed by atoms with Gasteiger partial charge in [-0.2, -0.15) is 10.3 Å². The van der Waals surface area contributed by atoms with Gasteiger partial charge in [0, 0.05) is 24.1 Å². The maximum atomic E-state index is 12.6. The van der Waals surface area contributed by atoms with Crippen molar-refractivity contribution in [1.29, 1.82) is 0 Å². The van der Waals surface area contributed by atoms with Gasteiger partial charge in [0.15, 0.2) is 0 Å². The number of aromatic amines is 1. The zero-order chi connectivity index (χ0) is 19.3. The largest absolute Gasteiger partial charge is 0.321 e. The van der Waals surface area contributed by atoms with E-state index in [1.165, 1.54) is 5.01 Å². The van der Waals surface area contributed by atoms with Gasteiger partial charge in [0.25, 0.3) is 5.91 Å². The number of hydrogen-bond acceptors (Lipinski definition) is 6. The van der Waals surface area contributed by atoms with Crippen LogP contribution in [0.25, 0.3) is 11.4 Å². The number of benzene rings is 2. The summed E-state index contributed by atoms with van der Waals surface area (Å²) in [6.45, 7) is 0.337. The van der Waals surface area contributed by atoms with Crippen LogP contribution in [0.2, 0.25) is 0 Å². The maximum absolute atomic E-state index is 12.6. The van der Waals surface area contributed by atoms with Gasteiger partial charge in [-0.25, -0.2) is 5.01 Å². The third-order valence-electron chi connectivity index (χ3n) is 4.27. The number of hydrogen-bond donors (Lipinski definition) is 2. The summed E-state index contributed by atoms with van der Waals surface area (Å²) in [5.74, 6) is 0.000990. The van der Waals surface area contributed by atoms with Crippen LogP contribution in [0.4, 0.5) is 5.69 Å². The fourth-order valence-electron chi connectivity index (χ4n) is 2.87. The zero-order valence-corrected chi connectivity index (χ0v) is 14.9. The Bertz CT molecular complexity index is 1020. The molecule has 3 aromatic rings. The lowest BCUT2D eigenvalue weighted by molar-refractivity contribution is -0.132. The van der Waals surface area contributed by atoms with Crippen molar-refractivity contribution >= 4 is 23.2 Å². The first-order valence-electron chi connectivity index (χ1n) is 8.76. The number of nitrogens with zero attached hydrogens (tertiary/aromatic N) is 5. The average molecular weight is 375 g/mol. The molecule has 0 bridgehead atoms. The molecule has 2 heterocycles. The Morgan fingerprint density at radius 3 is 2.75 bits per heavy atom. The molecule has 0 aliphatic carbocycles. The van der Waals surface area contributed by atoms with Crippen molar-refractivity contribution < 1.29 is 9.59 Å². The second-order valence-electron chi connectivity index (χ2n) is 6.25. The third-order valence-corrected chi connectivity index (χ3v) is 4.27. The van der Waals surface area contributed by atoms with Gasteiger partial charge in [0.2, 0.25) is 11.7 Å². The second-order valence-corrected chi connectivity index (χ2v) is 6.25. The fraction of sp³-hybridized carbons (Fsp3) is 0.158. The lowest BCUT2D eigenvalue weighted by Crippen LogP contribution is -2.36. The average Bonchev–Trinajstić information content (AvgIpc) is 3.25. The predicted octanol–water partition coefficient (Wildman–Crippen LogP) is 1.98. The van der Waals surface area contributed by atoms with E-state index in [1.54, 1.807) is 18.2 Å². The monoisotopic (exact) mass is 375 g/mol. The number of tetrazole rings is 1. The molecule has 9 nitrogen and oxygen atoms in total. The molecule has 140 valence electrons. The van der Waals surface area contributed by atoms with Crippen LogP contribution in [0.3, 0.4) is 0 Å². The van der Waals surface area contributed by atoms with Crippen molar-refractivity contribution in [3.8, 4) is 11.4 Å². The van der Waals surface area contributed by atoms with E-state index in [4.69, 9.17) is 0 Å². The van der Waals surface area contributed by atoms with Gasteiger partial charge >= 0.3 is 0 Å². The van der Waals surface area contributed by atoms with Gasteiger partial charge in [0.05, 0.1) is 6.54 Å². The summed E-state index contributed by atoms with van der Waals surface area (Å²) in [6, 6.07) is 16.7. The molecule has 4 rings (SSSR count).